The molecule has 14 heteroatoms. The maximum atomic E-state index is 13.5. The Morgan fingerprint density at radius 2 is 1.94 bits per heavy atom. The van der Waals surface area contributed by atoms with Gasteiger partial charge in [0.1, 0.15) is 5.82 Å². The van der Waals surface area contributed by atoms with E-state index in [4.69, 9.17) is 9.72 Å². The van der Waals surface area contributed by atoms with Crippen LogP contribution < -0.4 is 26.0 Å². The Balaban J connectivity index is 1.19. The highest BCUT2D eigenvalue weighted by Crippen LogP contribution is 2.35. The van der Waals surface area contributed by atoms with Gasteiger partial charge in [-0.25, -0.2) is 9.97 Å². The van der Waals surface area contributed by atoms with Crippen LogP contribution in [0.15, 0.2) is 72.4 Å². The number of benzene rings is 1. The van der Waals surface area contributed by atoms with Crippen LogP contribution in [0.1, 0.15) is 28.5 Å². The number of pyridine rings is 2. The molecule has 3 aromatic heterocycles. The number of fused-ring (bicyclic) bond motifs is 1. The van der Waals surface area contributed by atoms with Crippen molar-refractivity contribution >= 4 is 40.5 Å². The number of piperazine rings is 1. The van der Waals surface area contributed by atoms with E-state index in [1.807, 2.05) is 12.1 Å². The molecular weight excluding hydrogens is 638 g/mol. The SMILES string of the molecule is C=CC(=O)Nc1cc(Nc2nc(-c3ccnc(N4CCc5ncccc5C4=O)c3CO)cn(C)c2=O)ccc1N1CCN(C2COC2)C[C@@H]1C. The second-order valence-corrected chi connectivity index (χ2v) is 12.7. The first-order valence-corrected chi connectivity index (χ1v) is 16.6. The summed E-state index contributed by atoms with van der Waals surface area (Å²) in [5, 5.41) is 16.7. The lowest BCUT2D eigenvalue weighted by Crippen LogP contribution is -2.59. The highest BCUT2D eigenvalue weighted by atomic mass is 16.5. The van der Waals surface area contributed by atoms with Crippen LogP contribution in [-0.2, 0) is 29.6 Å². The zero-order valence-electron chi connectivity index (χ0n) is 28.0. The lowest BCUT2D eigenvalue weighted by molar-refractivity contribution is -0.111. The molecule has 0 radical (unpaired) electrons. The fourth-order valence-corrected chi connectivity index (χ4v) is 6.82. The normalized spacial score (nSPS) is 18.0. The van der Waals surface area contributed by atoms with Crippen molar-refractivity contribution in [2.75, 3.05) is 59.8 Å². The molecule has 50 heavy (non-hydrogen) atoms. The van der Waals surface area contributed by atoms with E-state index >= 15 is 0 Å². The molecule has 3 aliphatic rings. The van der Waals surface area contributed by atoms with Gasteiger partial charge in [0.25, 0.3) is 11.5 Å². The lowest BCUT2D eigenvalue weighted by Gasteiger charge is -2.46. The van der Waals surface area contributed by atoms with Crippen molar-refractivity contribution in [3.63, 3.8) is 0 Å². The van der Waals surface area contributed by atoms with E-state index in [-0.39, 0.29) is 29.2 Å². The maximum absolute atomic E-state index is 13.5. The number of nitrogens with zero attached hydrogens (tertiary/aromatic N) is 7. The number of aliphatic hydroxyl groups excluding tert-OH is 1. The number of carbonyl (C=O) groups is 2. The molecule has 14 nitrogen and oxygen atoms in total. The molecule has 7 rings (SSSR count). The van der Waals surface area contributed by atoms with Crippen molar-refractivity contribution in [3.8, 4) is 11.3 Å². The topological polar surface area (TPSA) is 158 Å². The summed E-state index contributed by atoms with van der Waals surface area (Å²) < 4.78 is 6.80. The van der Waals surface area contributed by atoms with Crippen molar-refractivity contribution in [3.05, 3.63) is 94.8 Å². The van der Waals surface area contributed by atoms with Crippen LogP contribution in [0.25, 0.3) is 11.3 Å². The standard InChI is InChI=1S/C36H39N9O5/c1-4-32(47)40-29-16-23(7-8-31(29)44-15-14-43(17-22(44)2)24-20-50-21-24)39-33-36(49)42(3)18-30(41-33)25-9-12-38-34(27(25)19-46)45-13-10-28-26(35(45)48)6-5-11-37-28/h4-9,11-12,16,18,22,24,46H,1,10,13-15,17,19-21H2,2-3H3,(H,39,41)(H,40,47)/t22-/m0/s1. The Morgan fingerprint density at radius 3 is 2.68 bits per heavy atom. The number of hydrogen-bond donors (Lipinski definition) is 3. The van der Waals surface area contributed by atoms with Crippen molar-refractivity contribution in [2.45, 2.75) is 32.0 Å². The summed E-state index contributed by atoms with van der Waals surface area (Å²) in [4.78, 5) is 59.1. The van der Waals surface area contributed by atoms with Gasteiger partial charge in [-0.3, -0.25) is 29.2 Å². The Hall–Kier alpha value is -5.44. The zero-order chi connectivity index (χ0) is 34.9. The van der Waals surface area contributed by atoms with Gasteiger partial charge >= 0.3 is 0 Å². The molecule has 4 aromatic rings. The first-order chi connectivity index (χ1) is 24.2. The van der Waals surface area contributed by atoms with Crippen LogP contribution in [0.5, 0.6) is 0 Å². The van der Waals surface area contributed by atoms with Crippen LogP contribution in [0.4, 0.5) is 28.7 Å². The summed E-state index contributed by atoms with van der Waals surface area (Å²) in [6, 6.07) is 11.3. The van der Waals surface area contributed by atoms with Crippen LogP contribution in [0.2, 0.25) is 0 Å². The molecule has 2 fully saturated rings. The molecule has 0 unspecified atom stereocenters. The van der Waals surface area contributed by atoms with Gasteiger partial charge in [-0.2, -0.15) is 0 Å². The number of rotatable bonds is 9. The minimum Gasteiger partial charge on any atom is -0.392 e. The molecule has 258 valence electrons. The Bertz CT molecular complexity index is 2030. The van der Waals surface area contributed by atoms with E-state index in [2.05, 4.69) is 43.9 Å². The number of nitrogens with one attached hydrogen (secondary N) is 2. The lowest BCUT2D eigenvalue weighted by atomic mass is 10.0. The first kappa shape index (κ1) is 33.1. The summed E-state index contributed by atoms with van der Waals surface area (Å²) in [7, 11) is 1.62. The third-order valence-electron chi connectivity index (χ3n) is 9.54. The molecule has 0 spiro atoms. The van der Waals surface area contributed by atoms with Gasteiger partial charge in [0, 0.05) is 81.1 Å². The van der Waals surface area contributed by atoms with Gasteiger partial charge in [-0.15, -0.1) is 0 Å². The molecule has 1 aromatic carbocycles. The van der Waals surface area contributed by atoms with E-state index in [0.717, 1.165) is 44.2 Å². The summed E-state index contributed by atoms with van der Waals surface area (Å²) in [5.74, 6) is -0.237. The average molecular weight is 678 g/mol. The summed E-state index contributed by atoms with van der Waals surface area (Å²) >= 11 is 0. The molecular formula is C36H39N9O5. The van der Waals surface area contributed by atoms with Gasteiger partial charge < -0.3 is 29.9 Å². The smallest absolute Gasteiger partial charge is 0.293 e. The highest BCUT2D eigenvalue weighted by Gasteiger charge is 2.33. The first-order valence-electron chi connectivity index (χ1n) is 16.6. The summed E-state index contributed by atoms with van der Waals surface area (Å²) in [5.41, 5.74) is 4.14. The molecule has 2 saturated heterocycles. The second kappa shape index (κ2) is 13.8. The molecule has 0 saturated carbocycles. The number of aryl methyl sites for hydroxylation is 1. The zero-order valence-corrected chi connectivity index (χ0v) is 28.0. The van der Waals surface area contributed by atoms with Crippen molar-refractivity contribution in [1.82, 2.24) is 24.4 Å². The van der Waals surface area contributed by atoms with E-state index in [9.17, 15) is 19.5 Å². The Labute approximate surface area is 289 Å². The van der Waals surface area contributed by atoms with Crippen LogP contribution >= 0.6 is 0 Å². The number of aliphatic hydroxyl groups is 1. The number of aromatic nitrogens is 4. The monoisotopic (exact) mass is 677 g/mol. The van der Waals surface area contributed by atoms with Gasteiger partial charge in [0.15, 0.2) is 5.82 Å². The fraction of sp³-hybridized carbons (Fsp3) is 0.333. The van der Waals surface area contributed by atoms with Crippen molar-refractivity contribution in [1.29, 1.82) is 0 Å². The van der Waals surface area contributed by atoms with Gasteiger partial charge in [-0.1, -0.05) is 6.58 Å². The Morgan fingerprint density at radius 1 is 1.10 bits per heavy atom. The third-order valence-corrected chi connectivity index (χ3v) is 9.54. The van der Waals surface area contributed by atoms with Gasteiger partial charge in [0.05, 0.1) is 54.2 Å². The largest absolute Gasteiger partial charge is 0.392 e. The Kier molecular flexibility index (Phi) is 9.14. The molecule has 3 N–H and O–H groups in total. The van der Waals surface area contributed by atoms with Gasteiger partial charge in [-0.05, 0) is 49.4 Å². The van der Waals surface area contributed by atoms with E-state index in [1.54, 1.807) is 54.8 Å². The molecule has 1 atom stereocenters. The van der Waals surface area contributed by atoms with E-state index in [1.165, 1.54) is 10.6 Å². The minimum absolute atomic E-state index is 0.0414. The predicted molar refractivity (Wildman–Crippen MR) is 190 cm³/mol. The molecule has 0 aliphatic carbocycles. The number of anilines is 5. The number of ether oxygens (including phenoxy) is 1. The average Bonchev–Trinajstić information content (AvgIpc) is 3.10. The van der Waals surface area contributed by atoms with Crippen LogP contribution in [0, 0.1) is 0 Å². The molecule has 0 bridgehead atoms. The number of hydrogen-bond acceptors (Lipinski definition) is 11. The second-order valence-electron chi connectivity index (χ2n) is 12.7. The van der Waals surface area contributed by atoms with E-state index < -0.39 is 6.61 Å². The van der Waals surface area contributed by atoms with Crippen molar-refractivity contribution < 1.29 is 19.4 Å². The quantitative estimate of drug-likeness (QED) is 0.224. The minimum atomic E-state index is -0.412. The van der Waals surface area contributed by atoms with Crippen LogP contribution in [0.3, 0.4) is 0 Å². The number of carbonyl (C=O) groups excluding carboxylic acids is 2. The molecule has 2 amide bonds. The molecule has 3 aliphatic heterocycles. The number of amides is 2. The van der Waals surface area contributed by atoms with Gasteiger partial charge in [0.2, 0.25) is 5.91 Å². The van der Waals surface area contributed by atoms with Crippen LogP contribution in [-0.4, -0.2) is 92.8 Å². The maximum Gasteiger partial charge on any atom is 0.293 e. The van der Waals surface area contributed by atoms with E-state index in [0.29, 0.717) is 58.6 Å². The van der Waals surface area contributed by atoms with Crippen molar-refractivity contribution in [2.24, 2.45) is 7.05 Å². The fourth-order valence-electron chi connectivity index (χ4n) is 6.82. The predicted octanol–water partition coefficient (Wildman–Crippen LogP) is 2.71. The summed E-state index contributed by atoms with van der Waals surface area (Å²) in [6.45, 7) is 9.77. The third kappa shape index (κ3) is 6.24. The summed E-state index contributed by atoms with van der Waals surface area (Å²) in [6.07, 6.45) is 6.57. The highest BCUT2D eigenvalue weighted by molar-refractivity contribution is 6.08. The molecule has 6 heterocycles.